The number of ketones is 1. The van der Waals surface area contributed by atoms with Crippen molar-refractivity contribution in [1.82, 2.24) is 0 Å². The topological polar surface area (TPSA) is 57.5 Å². The molecule has 2 aliphatic rings. The van der Waals surface area contributed by atoms with Crippen LogP contribution in [0.4, 0.5) is 0 Å². The van der Waals surface area contributed by atoms with Crippen LogP contribution in [0, 0.1) is 11.8 Å². The molecular weight excluding hydrogens is 228 g/mol. The van der Waals surface area contributed by atoms with Crippen LogP contribution in [0.2, 0.25) is 0 Å². The average molecular weight is 244 g/mol. The number of rotatable bonds is 1. The van der Waals surface area contributed by atoms with E-state index in [2.05, 4.69) is 0 Å². The molecule has 3 heteroatoms. The number of carbonyl (C=O) groups is 1. The van der Waals surface area contributed by atoms with Crippen LogP contribution in [-0.2, 0) is 4.79 Å². The maximum absolute atomic E-state index is 12.0. The lowest BCUT2D eigenvalue weighted by Gasteiger charge is -2.17. The van der Waals surface area contributed by atoms with E-state index in [1.54, 1.807) is 25.1 Å². The van der Waals surface area contributed by atoms with Gasteiger partial charge >= 0.3 is 0 Å². The largest absolute Gasteiger partial charge is 0.508 e. The van der Waals surface area contributed by atoms with E-state index >= 15 is 0 Å². The summed E-state index contributed by atoms with van der Waals surface area (Å²) in [5.41, 5.74) is 1.23. The molecule has 3 nitrogen and oxygen atoms in total. The van der Waals surface area contributed by atoms with Crippen molar-refractivity contribution in [2.75, 3.05) is 0 Å². The zero-order valence-corrected chi connectivity index (χ0v) is 10.3. The lowest BCUT2D eigenvalue weighted by atomic mass is 9.90. The maximum Gasteiger partial charge on any atom is 0.159 e. The van der Waals surface area contributed by atoms with Crippen molar-refractivity contribution in [3.63, 3.8) is 0 Å². The summed E-state index contributed by atoms with van der Waals surface area (Å²) in [6.45, 7) is 1.80. The number of carbonyl (C=O) groups excluding carboxylic acids is 1. The molecule has 3 atom stereocenters. The quantitative estimate of drug-likeness (QED) is 0.795. The third kappa shape index (κ3) is 1.75. The number of phenolic OH excluding ortho intramolecular Hbond substituents is 1. The molecule has 0 bridgehead atoms. The van der Waals surface area contributed by atoms with Gasteiger partial charge in [0.25, 0.3) is 0 Å². The van der Waals surface area contributed by atoms with Crippen molar-refractivity contribution in [2.24, 2.45) is 11.8 Å². The molecule has 2 N–H and O–H groups in total. The Balaban J connectivity index is 1.96. The number of allylic oxidation sites excluding steroid dienone is 2. The van der Waals surface area contributed by atoms with Gasteiger partial charge in [-0.1, -0.05) is 12.1 Å². The van der Waals surface area contributed by atoms with Crippen LogP contribution in [-0.4, -0.2) is 21.6 Å². The van der Waals surface area contributed by atoms with Gasteiger partial charge in [-0.15, -0.1) is 0 Å². The van der Waals surface area contributed by atoms with E-state index in [1.807, 2.05) is 12.1 Å². The number of benzene rings is 1. The highest BCUT2D eigenvalue weighted by Crippen LogP contribution is 2.50. The fraction of sp³-hybridized carbons (Fsp3) is 0.400. The second-order valence-electron chi connectivity index (χ2n) is 5.67. The molecule has 0 radical (unpaired) electrons. The van der Waals surface area contributed by atoms with Crippen molar-refractivity contribution in [1.29, 1.82) is 0 Å². The van der Waals surface area contributed by atoms with Gasteiger partial charge in [0.05, 0.1) is 5.60 Å². The Labute approximate surface area is 106 Å². The van der Waals surface area contributed by atoms with Crippen LogP contribution in [0.3, 0.4) is 0 Å². The summed E-state index contributed by atoms with van der Waals surface area (Å²) in [5.74, 6) is 0.403. The minimum atomic E-state index is -0.735. The van der Waals surface area contributed by atoms with E-state index in [9.17, 15) is 15.0 Å². The summed E-state index contributed by atoms with van der Waals surface area (Å²) in [7, 11) is 0. The summed E-state index contributed by atoms with van der Waals surface area (Å²) in [5, 5.41) is 19.4. The fourth-order valence-corrected chi connectivity index (χ4v) is 3.26. The van der Waals surface area contributed by atoms with Gasteiger partial charge < -0.3 is 10.2 Å². The molecule has 1 aromatic carbocycles. The lowest BCUT2D eigenvalue weighted by molar-refractivity contribution is -0.118. The fourth-order valence-electron chi connectivity index (χ4n) is 3.26. The van der Waals surface area contributed by atoms with Crippen LogP contribution in [0.25, 0.3) is 5.57 Å². The minimum absolute atomic E-state index is 0.0659. The number of phenols is 1. The van der Waals surface area contributed by atoms with Crippen molar-refractivity contribution in [3.05, 3.63) is 35.9 Å². The molecule has 0 heterocycles. The monoisotopic (exact) mass is 244 g/mol. The smallest absolute Gasteiger partial charge is 0.159 e. The van der Waals surface area contributed by atoms with E-state index < -0.39 is 5.60 Å². The van der Waals surface area contributed by atoms with Crippen molar-refractivity contribution in [2.45, 2.75) is 25.4 Å². The molecule has 0 amide bonds. The zero-order chi connectivity index (χ0) is 12.9. The van der Waals surface area contributed by atoms with Gasteiger partial charge in [0.15, 0.2) is 5.78 Å². The van der Waals surface area contributed by atoms with E-state index in [0.717, 1.165) is 11.1 Å². The van der Waals surface area contributed by atoms with Gasteiger partial charge in [-0.05, 0) is 55.0 Å². The molecular formula is C15H16O3. The summed E-state index contributed by atoms with van der Waals surface area (Å²) in [4.78, 5) is 12.0. The Morgan fingerprint density at radius 3 is 2.44 bits per heavy atom. The highest BCUT2D eigenvalue weighted by molar-refractivity contribution is 6.04. The second-order valence-corrected chi connectivity index (χ2v) is 5.67. The van der Waals surface area contributed by atoms with Crippen LogP contribution < -0.4 is 0 Å². The Morgan fingerprint density at radius 2 is 1.78 bits per heavy atom. The van der Waals surface area contributed by atoms with Gasteiger partial charge in [-0.25, -0.2) is 0 Å². The Kier molecular flexibility index (Phi) is 2.35. The summed E-state index contributed by atoms with van der Waals surface area (Å²) in [6.07, 6.45) is 2.89. The van der Waals surface area contributed by atoms with Gasteiger partial charge in [-0.2, -0.15) is 0 Å². The SMILES string of the molecule is CC1(O)CC2C(=O)C=C(c3ccc(O)cc3)C2C1. The number of fused-ring (bicyclic) bond motifs is 1. The van der Waals surface area contributed by atoms with Crippen LogP contribution >= 0.6 is 0 Å². The average Bonchev–Trinajstić information content (AvgIpc) is 2.76. The highest BCUT2D eigenvalue weighted by Gasteiger charge is 2.48. The first kappa shape index (κ1) is 11.5. The molecule has 0 saturated heterocycles. The third-order valence-corrected chi connectivity index (χ3v) is 4.07. The van der Waals surface area contributed by atoms with Gasteiger partial charge in [0.1, 0.15) is 5.75 Å². The normalized spacial score (nSPS) is 34.6. The Hall–Kier alpha value is -1.61. The van der Waals surface area contributed by atoms with Crippen molar-refractivity contribution >= 4 is 11.4 Å². The predicted molar refractivity (Wildman–Crippen MR) is 67.9 cm³/mol. The number of hydrogen-bond acceptors (Lipinski definition) is 3. The summed E-state index contributed by atoms with van der Waals surface area (Å²) in [6, 6.07) is 6.90. The Morgan fingerprint density at radius 1 is 1.17 bits per heavy atom. The number of hydrogen-bond donors (Lipinski definition) is 2. The first-order valence-corrected chi connectivity index (χ1v) is 6.23. The van der Waals surface area contributed by atoms with Gasteiger partial charge in [-0.3, -0.25) is 4.79 Å². The predicted octanol–water partition coefficient (Wildman–Crippen LogP) is 2.14. The minimum Gasteiger partial charge on any atom is -0.508 e. The van der Waals surface area contributed by atoms with Crippen LogP contribution in [0.5, 0.6) is 5.75 Å². The highest BCUT2D eigenvalue weighted by atomic mass is 16.3. The molecule has 0 aromatic heterocycles. The van der Waals surface area contributed by atoms with Crippen molar-refractivity contribution < 1.29 is 15.0 Å². The summed E-state index contributed by atoms with van der Waals surface area (Å²) >= 11 is 0. The first-order chi connectivity index (χ1) is 8.46. The lowest BCUT2D eigenvalue weighted by Crippen LogP contribution is -2.20. The molecule has 1 fully saturated rings. The molecule has 1 saturated carbocycles. The molecule has 0 spiro atoms. The van der Waals surface area contributed by atoms with E-state index in [0.29, 0.717) is 12.8 Å². The molecule has 18 heavy (non-hydrogen) atoms. The molecule has 3 unspecified atom stereocenters. The van der Waals surface area contributed by atoms with Crippen molar-refractivity contribution in [3.8, 4) is 5.75 Å². The maximum atomic E-state index is 12.0. The second kappa shape index (κ2) is 3.69. The van der Waals surface area contributed by atoms with E-state index in [-0.39, 0.29) is 23.4 Å². The number of aliphatic hydroxyl groups is 1. The van der Waals surface area contributed by atoms with Crippen LogP contribution in [0.15, 0.2) is 30.3 Å². The standard InChI is InChI=1S/C15H16O3/c1-15(18)7-12-11(6-14(17)13(12)8-15)9-2-4-10(16)5-3-9/h2-6,12-13,16,18H,7-8H2,1H3. The summed E-state index contributed by atoms with van der Waals surface area (Å²) < 4.78 is 0. The number of aromatic hydroxyl groups is 1. The Bertz CT molecular complexity index is 525. The molecule has 3 rings (SSSR count). The third-order valence-electron chi connectivity index (χ3n) is 4.07. The molecule has 1 aromatic rings. The van der Waals surface area contributed by atoms with E-state index in [4.69, 9.17) is 0 Å². The van der Waals surface area contributed by atoms with Gasteiger partial charge in [0, 0.05) is 5.92 Å². The van der Waals surface area contributed by atoms with E-state index in [1.165, 1.54) is 0 Å². The van der Waals surface area contributed by atoms with Gasteiger partial charge in [0.2, 0.25) is 0 Å². The zero-order valence-electron chi connectivity index (χ0n) is 10.3. The molecule has 0 aliphatic heterocycles. The van der Waals surface area contributed by atoms with Crippen LogP contribution in [0.1, 0.15) is 25.3 Å². The molecule has 94 valence electrons. The first-order valence-electron chi connectivity index (χ1n) is 6.23. The molecule has 2 aliphatic carbocycles.